The van der Waals surface area contributed by atoms with Gasteiger partial charge in [0.25, 0.3) is 11.5 Å². The summed E-state index contributed by atoms with van der Waals surface area (Å²) < 4.78 is 1.23. The third kappa shape index (κ3) is 4.82. The predicted molar refractivity (Wildman–Crippen MR) is 117 cm³/mol. The number of para-hydroxylation sites is 1. The minimum absolute atomic E-state index is 0.181. The Kier molecular flexibility index (Phi) is 6.02. The van der Waals surface area contributed by atoms with Crippen molar-refractivity contribution in [1.29, 1.82) is 0 Å². The second-order valence-corrected chi connectivity index (χ2v) is 7.53. The number of anilines is 1. The number of hydrogen-bond donors (Lipinski definition) is 1. The Morgan fingerprint density at radius 3 is 2.33 bits per heavy atom. The highest BCUT2D eigenvalue weighted by molar-refractivity contribution is 6.02. The molecular formula is C23H25N5O2. The number of aromatic nitrogens is 2. The second-order valence-electron chi connectivity index (χ2n) is 7.53. The summed E-state index contributed by atoms with van der Waals surface area (Å²) in [4.78, 5) is 29.5. The number of rotatable bonds is 5. The Bertz CT molecular complexity index is 1050. The third-order valence-electron chi connectivity index (χ3n) is 5.25. The van der Waals surface area contributed by atoms with Crippen molar-refractivity contribution >= 4 is 11.6 Å². The van der Waals surface area contributed by atoms with E-state index in [9.17, 15) is 9.59 Å². The van der Waals surface area contributed by atoms with E-state index in [2.05, 4.69) is 27.3 Å². The van der Waals surface area contributed by atoms with E-state index in [1.807, 2.05) is 42.5 Å². The maximum atomic E-state index is 12.6. The van der Waals surface area contributed by atoms with Gasteiger partial charge in [-0.1, -0.05) is 30.3 Å². The molecule has 0 bridgehead atoms. The lowest BCUT2D eigenvalue weighted by atomic mass is 10.1. The van der Waals surface area contributed by atoms with Crippen LogP contribution in [0.5, 0.6) is 0 Å². The highest BCUT2D eigenvalue weighted by atomic mass is 16.2. The first-order valence-corrected chi connectivity index (χ1v) is 10.1. The molecular weight excluding hydrogens is 378 g/mol. The summed E-state index contributed by atoms with van der Waals surface area (Å²) in [6.07, 6.45) is 0. The average molecular weight is 403 g/mol. The van der Waals surface area contributed by atoms with Gasteiger partial charge in [0.1, 0.15) is 5.69 Å². The number of piperazine rings is 1. The summed E-state index contributed by atoms with van der Waals surface area (Å²) in [5, 5.41) is 7.08. The standard InChI is InChI=1S/C23H25N5O2/c1-26-13-15-27(16-14-26)17-18-7-9-19(10-8-18)24-23(30)21-11-12-22(29)28(25-21)20-5-3-2-4-6-20/h2-12H,13-17H2,1H3,(H,24,30). The molecule has 1 aliphatic heterocycles. The smallest absolute Gasteiger partial charge is 0.276 e. The van der Waals surface area contributed by atoms with E-state index in [1.165, 1.54) is 22.4 Å². The van der Waals surface area contributed by atoms with Crippen LogP contribution in [0, 0.1) is 0 Å². The molecule has 2 heterocycles. The molecule has 30 heavy (non-hydrogen) atoms. The highest BCUT2D eigenvalue weighted by Crippen LogP contribution is 2.14. The number of likely N-dealkylation sites (N-methyl/N-ethyl adjacent to an activating group) is 1. The molecule has 1 aliphatic rings. The molecule has 0 spiro atoms. The number of nitrogens with one attached hydrogen (secondary N) is 1. The van der Waals surface area contributed by atoms with Crippen LogP contribution < -0.4 is 10.9 Å². The average Bonchev–Trinajstić information content (AvgIpc) is 2.77. The molecule has 7 heteroatoms. The zero-order valence-corrected chi connectivity index (χ0v) is 17.0. The fourth-order valence-corrected chi connectivity index (χ4v) is 3.44. The highest BCUT2D eigenvalue weighted by Gasteiger charge is 2.14. The number of carbonyl (C=O) groups excluding carboxylic acids is 1. The molecule has 7 nitrogen and oxygen atoms in total. The molecule has 1 amide bonds. The van der Waals surface area contributed by atoms with Gasteiger partial charge in [-0.05, 0) is 42.9 Å². The molecule has 1 saturated heterocycles. The minimum Gasteiger partial charge on any atom is -0.321 e. The van der Waals surface area contributed by atoms with Crippen LogP contribution in [-0.2, 0) is 6.54 Å². The first-order chi connectivity index (χ1) is 14.6. The quantitative estimate of drug-likeness (QED) is 0.708. The molecule has 0 aliphatic carbocycles. The molecule has 1 aromatic heterocycles. The number of amides is 1. The van der Waals surface area contributed by atoms with Gasteiger partial charge in [0.15, 0.2) is 0 Å². The number of benzene rings is 2. The fourth-order valence-electron chi connectivity index (χ4n) is 3.44. The summed E-state index contributed by atoms with van der Waals surface area (Å²) >= 11 is 0. The van der Waals surface area contributed by atoms with Crippen molar-refractivity contribution < 1.29 is 4.79 Å². The molecule has 3 aromatic rings. The predicted octanol–water partition coefficient (Wildman–Crippen LogP) is 2.23. The van der Waals surface area contributed by atoms with E-state index in [-0.39, 0.29) is 17.2 Å². The number of carbonyl (C=O) groups is 1. The van der Waals surface area contributed by atoms with Crippen LogP contribution >= 0.6 is 0 Å². The van der Waals surface area contributed by atoms with Gasteiger partial charge in [-0.15, -0.1) is 0 Å². The van der Waals surface area contributed by atoms with Crippen LogP contribution in [-0.4, -0.2) is 58.7 Å². The van der Waals surface area contributed by atoms with Gasteiger partial charge in [-0.3, -0.25) is 14.5 Å². The van der Waals surface area contributed by atoms with Crippen molar-refractivity contribution in [1.82, 2.24) is 19.6 Å². The van der Waals surface area contributed by atoms with Crippen LogP contribution in [0.15, 0.2) is 71.5 Å². The largest absolute Gasteiger partial charge is 0.321 e. The van der Waals surface area contributed by atoms with Gasteiger partial charge in [0.05, 0.1) is 5.69 Å². The second kappa shape index (κ2) is 9.02. The summed E-state index contributed by atoms with van der Waals surface area (Å²) in [6.45, 7) is 5.22. The number of nitrogens with zero attached hydrogens (tertiary/aromatic N) is 4. The van der Waals surface area contributed by atoms with Crippen molar-refractivity contribution in [2.75, 3.05) is 38.5 Å². The maximum absolute atomic E-state index is 12.6. The Balaban J connectivity index is 1.42. The maximum Gasteiger partial charge on any atom is 0.276 e. The van der Waals surface area contributed by atoms with Gasteiger partial charge in [0.2, 0.25) is 0 Å². The van der Waals surface area contributed by atoms with Gasteiger partial charge in [-0.25, -0.2) is 0 Å². The van der Waals surface area contributed by atoms with Crippen LogP contribution in [0.3, 0.4) is 0 Å². The summed E-state index contributed by atoms with van der Waals surface area (Å²) in [7, 11) is 2.15. The van der Waals surface area contributed by atoms with Crippen LogP contribution in [0.4, 0.5) is 5.69 Å². The molecule has 4 rings (SSSR count). The number of hydrogen-bond acceptors (Lipinski definition) is 5. The molecule has 0 unspecified atom stereocenters. The van der Waals surface area contributed by atoms with Gasteiger partial charge in [-0.2, -0.15) is 9.78 Å². The van der Waals surface area contributed by atoms with Crippen molar-refractivity contribution in [3.05, 3.63) is 88.3 Å². The SMILES string of the molecule is CN1CCN(Cc2ccc(NC(=O)c3ccc(=O)n(-c4ccccc4)n3)cc2)CC1. The van der Waals surface area contributed by atoms with E-state index in [0.717, 1.165) is 32.7 Å². The normalized spacial score (nSPS) is 15.1. The zero-order chi connectivity index (χ0) is 20.9. The Hall–Kier alpha value is -3.29. The molecule has 1 N–H and O–H groups in total. The summed E-state index contributed by atoms with van der Waals surface area (Å²) in [6, 6.07) is 19.7. The van der Waals surface area contributed by atoms with Gasteiger partial charge < -0.3 is 10.2 Å². The van der Waals surface area contributed by atoms with Crippen molar-refractivity contribution in [3.8, 4) is 5.69 Å². The van der Waals surface area contributed by atoms with Gasteiger partial charge >= 0.3 is 0 Å². The van der Waals surface area contributed by atoms with Crippen molar-refractivity contribution in [2.45, 2.75) is 6.54 Å². The molecule has 0 saturated carbocycles. The van der Waals surface area contributed by atoms with E-state index >= 15 is 0 Å². The molecule has 0 atom stereocenters. The monoisotopic (exact) mass is 403 g/mol. The fraction of sp³-hybridized carbons (Fsp3) is 0.261. The Morgan fingerprint density at radius 1 is 0.933 bits per heavy atom. The Morgan fingerprint density at radius 2 is 1.63 bits per heavy atom. The van der Waals surface area contributed by atoms with Gasteiger partial charge in [0, 0.05) is 44.5 Å². The summed E-state index contributed by atoms with van der Waals surface area (Å²) in [5.74, 6) is -0.355. The van der Waals surface area contributed by atoms with E-state index in [0.29, 0.717) is 11.4 Å². The zero-order valence-electron chi connectivity index (χ0n) is 17.0. The van der Waals surface area contributed by atoms with E-state index in [4.69, 9.17) is 0 Å². The topological polar surface area (TPSA) is 70.5 Å². The Labute approximate surface area is 175 Å². The lowest BCUT2D eigenvalue weighted by Crippen LogP contribution is -2.43. The van der Waals surface area contributed by atoms with E-state index < -0.39 is 0 Å². The molecule has 1 fully saturated rings. The summed E-state index contributed by atoms with van der Waals surface area (Å²) in [5.41, 5.74) is 2.42. The first-order valence-electron chi connectivity index (χ1n) is 10.1. The van der Waals surface area contributed by atoms with Crippen LogP contribution in [0.25, 0.3) is 5.69 Å². The van der Waals surface area contributed by atoms with Crippen molar-refractivity contribution in [3.63, 3.8) is 0 Å². The first kappa shape index (κ1) is 20.0. The molecule has 154 valence electrons. The third-order valence-corrected chi connectivity index (χ3v) is 5.25. The van der Waals surface area contributed by atoms with Crippen LogP contribution in [0.2, 0.25) is 0 Å². The minimum atomic E-state index is -0.355. The lowest BCUT2D eigenvalue weighted by Gasteiger charge is -2.32. The van der Waals surface area contributed by atoms with Crippen LogP contribution in [0.1, 0.15) is 16.1 Å². The lowest BCUT2D eigenvalue weighted by molar-refractivity contribution is 0.102. The molecule has 0 radical (unpaired) electrons. The van der Waals surface area contributed by atoms with Crippen molar-refractivity contribution in [2.24, 2.45) is 0 Å². The molecule has 2 aromatic carbocycles. The van der Waals surface area contributed by atoms with E-state index in [1.54, 1.807) is 12.1 Å².